The molecule has 2 nitrogen and oxygen atoms in total. The van der Waals surface area contributed by atoms with Crippen molar-refractivity contribution in [3.05, 3.63) is 29.8 Å². The van der Waals surface area contributed by atoms with Gasteiger partial charge in [0.2, 0.25) is 0 Å². The Labute approximate surface area is 103 Å². The Bertz CT molecular complexity index is 421. The zero-order valence-electron chi connectivity index (χ0n) is 9.76. The van der Waals surface area contributed by atoms with Crippen molar-refractivity contribution >= 4 is 11.5 Å². The molecule has 0 spiro atoms. The van der Waals surface area contributed by atoms with Crippen LogP contribution < -0.4 is 5.32 Å². The average Bonchev–Trinajstić information content (AvgIpc) is 2.26. The normalized spacial score (nSPS) is 16.2. The molecule has 2 rings (SSSR count). The topological polar surface area (TPSA) is 29.1 Å². The number of hydrogen-bond donors (Lipinski definition) is 1. The van der Waals surface area contributed by atoms with Gasteiger partial charge in [-0.2, -0.15) is 13.2 Å². The van der Waals surface area contributed by atoms with E-state index in [0.29, 0.717) is 5.92 Å². The summed E-state index contributed by atoms with van der Waals surface area (Å²) < 4.78 is 36.5. The van der Waals surface area contributed by atoms with Gasteiger partial charge in [-0.25, -0.2) is 0 Å². The highest BCUT2D eigenvalue weighted by molar-refractivity contribution is 6.00. The number of carbonyl (C=O) groups is 1. The molecule has 0 amide bonds. The SMILES string of the molecule is O=C(c1ccc(NCC2CCC2)cc1)C(F)(F)F. The molecule has 1 fully saturated rings. The van der Waals surface area contributed by atoms with Crippen molar-refractivity contribution in [1.82, 2.24) is 0 Å². The van der Waals surface area contributed by atoms with Crippen molar-refractivity contribution in [3.8, 4) is 0 Å². The Morgan fingerprint density at radius 2 is 1.83 bits per heavy atom. The van der Waals surface area contributed by atoms with Crippen LogP contribution in [-0.2, 0) is 0 Å². The Morgan fingerprint density at radius 1 is 1.22 bits per heavy atom. The third-order valence-corrected chi connectivity index (χ3v) is 3.22. The summed E-state index contributed by atoms with van der Waals surface area (Å²) in [7, 11) is 0. The summed E-state index contributed by atoms with van der Waals surface area (Å²) in [5.74, 6) is -1.13. The van der Waals surface area contributed by atoms with E-state index in [9.17, 15) is 18.0 Å². The van der Waals surface area contributed by atoms with Crippen LogP contribution >= 0.6 is 0 Å². The van der Waals surface area contributed by atoms with E-state index in [1.54, 1.807) is 0 Å². The van der Waals surface area contributed by atoms with Crippen molar-refractivity contribution < 1.29 is 18.0 Å². The monoisotopic (exact) mass is 257 g/mol. The quantitative estimate of drug-likeness (QED) is 0.834. The summed E-state index contributed by atoms with van der Waals surface area (Å²) >= 11 is 0. The van der Waals surface area contributed by atoms with Crippen LogP contribution in [0.5, 0.6) is 0 Å². The van der Waals surface area contributed by atoms with Gasteiger partial charge in [0.05, 0.1) is 0 Å². The third-order valence-electron chi connectivity index (χ3n) is 3.22. The second kappa shape index (κ2) is 5.00. The summed E-state index contributed by atoms with van der Waals surface area (Å²) in [5.41, 5.74) is 0.428. The fourth-order valence-electron chi connectivity index (χ4n) is 1.86. The van der Waals surface area contributed by atoms with E-state index >= 15 is 0 Å². The lowest BCUT2D eigenvalue weighted by atomic mass is 9.85. The van der Waals surface area contributed by atoms with E-state index < -0.39 is 12.0 Å². The highest BCUT2D eigenvalue weighted by atomic mass is 19.4. The molecular weight excluding hydrogens is 243 g/mol. The molecule has 1 aliphatic carbocycles. The molecule has 18 heavy (non-hydrogen) atoms. The first-order valence-corrected chi connectivity index (χ1v) is 5.92. The van der Waals surface area contributed by atoms with Crippen LogP contribution in [0.15, 0.2) is 24.3 Å². The number of carbonyl (C=O) groups excluding carboxylic acids is 1. The van der Waals surface area contributed by atoms with E-state index in [1.165, 1.54) is 43.5 Å². The summed E-state index contributed by atoms with van der Waals surface area (Å²) in [6.07, 6.45) is -1.14. The van der Waals surface area contributed by atoms with E-state index in [4.69, 9.17) is 0 Å². The maximum absolute atomic E-state index is 12.2. The van der Waals surface area contributed by atoms with Gasteiger partial charge in [-0.1, -0.05) is 6.42 Å². The molecule has 1 aromatic carbocycles. The first-order chi connectivity index (χ1) is 8.47. The molecule has 0 atom stereocenters. The summed E-state index contributed by atoms with van der Waals surface area (Å²) in [4.78, 5) is 11.0. The molecule has 0 saturated heterocycles. The fraction of sp³-hybridized carbons (Fsp3) is 0.462. The number of nitrogens with one attached hydrogen (secondary N) is 1. The largest absolute Gasteiger partial charge is 0.454 e. The molecule has 0 radical (unpaired) electrons. The van der Waals surface area contributed by atoms with Crippen LogP contribution in [0.2, 0.25) is 0 Å². The lowest BCUT2D eigenvalue weighted by Gasteiger charge is -2.25. The number of hydrogen-bond acceptors (Lipinski definition) is 2. The predicted octanol–water partition coefficient (Wildman–Crippen LogP) is 3.64. The first-order valence-electron chi connectivity index (χ1n) is 5.92. The molecule has 1 saturated carbocycles. The van der Waals surface area contributed by atoms with Gasteiger partial charge in [-0.05, 0) is 43.0 Å². The van der Waals surface area contributed by atoms with Gasteiger partial charge >= 0.3 is 6.18 Å². The van der Waals surface area contributed by atoms with Gasteiger partial charge in [-0.15, -0.1) is 0 Å². The van der Waals surface area contributed by atoms with Crippen LogP contribution in [-0.4, -0.2) is 18.5 Å². The van der Waals surface area contributed by atoms with Gasteiger partial charge in [0.25, 0.3) is 5.78 Å². The Hall–Kier alpha value is -1.52. The van der Waals surface area contributed by atoms with Crippen molar-refractivity contribution in [2.24, 2.45) is 5.92 Å². The second-order valence-corrected chi connectivity index (χ2v) is 4.58. The van der Waals surface area contributed by atoms with Crippen molar-refractivity contribution in [1.29, 1.82) is 0 Å². The van der Waals surface area contributed by atoms with E-state index in [-0.39, 0.29) is 5.56 Å². The molecule has 98 valence electrons. The fourth-order valence-corrected chi connectivity index (χ4v) is 1.86. The molecule has 0 bridgehead atoms. The van der Waals surface area contributed by atoms with E-state index in [0.717, 1.165) is 12.2 Å². The maximum Gasteiger partial charge on any atom is 0.454 e. The summed E-state index contributed by atoms with van der Waals surface area (Å²) in [5, 5.41) is 3.16. The van der Waals surface area contributed by atoms with Crippen molar-refractivity contribution in [3.63, 3.8) is 0 Å². The third kappa shape index (κ3) is 3.03. The van der Waals surface area contributed by atoms with Gasteiger partial charge in [-0.3, -0.25) is 4.79 Å². The zero-order chi connectivity index (χ0) is 13.2. The molecule has 1 aliphatic rings. The smallest absolute Gasteiger partial charge is 0.385 e. The minimum Gasteiger partial charge on any atom is -0.385 e. The average molecular weight is 257 g/mol. The maximum atomic E-state index is 12.2. The molecule has 0 unspecified atom stereocenters. The molecule has 1 aromatic rings. The molecule has 1 N–H and O–H groups in total. The second-order valence-electron chi connectivity index (χ2n) is 4.58. The number of ketones is 1. The minimum absolute atomic E-state index is 0.323. The summed E-state index contributed by atoms with van der Waals surface area (Å²) in [6, 6.07) is 5.44. The number of Topliss-reactive ketones (excluding diaryl/α,β-unsaturated/α-hetero) is 1. The van der Waals surface area contributed by atoms with Gasteiger partial charge in [0.15, 0.2) is 0 Å². The Kier molecular flexibility index (Phi) is 3.59. The molecule has 0 heterocycles. The first kappa shape index (κ1) is 12.9. The van der Waals surface area contributed by atoms with Crippen LogP contribution in [0.25, 0.3) is 0 Å². The highest BCUT2D eigenvalue weighted by Gasteiger charge is 2.39. The minimum atomic E-state index is -4.80. The van der Waals surface area contributed by atoms with E-state index in [2.05, 4.69) is 5.32 Å². The number of rotatable bonds is 4. The zero-order valence-corrected chi connectivity index (χ0v) is 9.76. The standard InChI is InChI=1S/C13H14F3NO/c14-13(15,16)12(18)10-4-6-11(7-5-10)17-8-9-2-1-3-9/h4-7,9,17H,1-3,8H2. The molecular formula is C13H14F3NO. The lowest BCUT2D eigenvalue weighted by Crippen LogP contribution is -2.23. The summed E-state index contributed by atoms with van der Waals surface area (Å²) in [6.45, 7) is 0.840. The predicted molar refractivity (Wildman–Crippen MR) is 62.7 cm³/mol. The van der Waals surface area contributed by atoms with Crippen LogP contribution in [0.1, 0.15) is 29.6 Å². The molecule has 0 aromatic heterocycles. The van der Waals surface area contributed by atoms with Gasteiger partial charge in [0.1, 0.15) is 0 Å². The van der Waals surface area contributed by atoms with E-state index in [1.807, 2.05) is 0 Å². The highest BCUT2D eigenvalue weighted by Crippen LogP contribution is 2.27. The Morgan fingerprint density at radius 3 is 2.28 bits per heavy atom. The number of halogens is 3. The van der Waals surface area contributed by atoms with Crippen LogP contribution in [0.4, 0.5) is 18.9 Å². The van der Waals surface area contributed by atoms with Crippen LogP contribution in [0.3, 0.4) is 0 Å². The lowest BCUT2D eigenvalue weighted by molar-refractivity contribution is -0.0885. The molecule has 5 heteroatoms. The van der Waals surface area contributed by atoms with Crippen molar-refractivity contribution in [2.45, 2.75) is 25.4 Å². The Balaban J connectivity index is 1.94. The number of anilines is 1. The number of benzene rings is 1. The van der Waals surface area contributed by atoms with Gasteiger partial charge < -0.3 is 5.32 Å². The number of alkyl halides is 3. The van der Waals surface area contributed by atoms with Crippen molar-refractivity contribution in [2.75, 3.05) is 11.9 Å². The van der Waals surface area contributed by atoms with Gasteiger partial charge in [0, 0.05) is 17.8 Å². The van der Waals surface area contributed by atoms with Crippen LogP contribution in [0, 0.1) is 5.92 Å². The molecule has 0 aliphatic heterocycles.